The standard InChI is InChI=1S/C17H16O4S2/c18-16(19)12-6-1-3-8-14(12)22-10-5-11-23-15-9-4-2-7-13(15)17(20)21/h1-4,6-9H,5,10-11H2,(H,18,19)(H,20,21). The van der Waals surface area contributed by atoms with E-state index in [1.54, 1.807) is 36.4 Å². The fraction of sp³-hybridized carbons (Fsp3) is 0.176. The zero-order valence-corrected chi connectivity index (χ0v) is 13.9. The van der Waals surface area contributed by atoms with Crippen LogP contribution in [0.5, 0.6) is 0 Å². The van der Waals surface area contributed by atoms with Crippen LogP contribution in [0.3, 0.4) is 0 Å². The summed E-state index contributed by atoms with van der Waals surface area (Å²) in [7, 11) is 0. The van der Waals surface area contributed by atoms with Gasteiger partial charge in [0.25, 0.3) is 0 Å². The lowest BCUT2D eigenvalue weighted by Crippen LogP contribution is -1.99. The van der Waals surface area contributed by atoms with Gasteiger partial charge in [0.15, 0.2) is 0 Å². The van der Waals surface area contributed by atoms with Gasteiger partial charge in [0, 0.05) is 9.79 Å². The van der Waals surface area contributed by atoms with Gasteiger partial charge >= 0.3 is 11.9 Å². The number of benzene rings is 2. The van der Waals surface area contributed by atoms with Crippen LogP contribution in [0.15, 0.2) is 58.3 Å². The zero-order valence-electron chi connectivity index (χ0n) is 12.3. The Morgan fingerprint density at radius 3 is 1.52 bits per heavy atom. The van der Waals surface area contributed by atoms with Crippen molar-refractivity contribution in [3.05, 3.63) is 59.7 Å². The van der Waals surface area contributed by atoms with Gasteiger partial charge in [-0.1, -0.05) is 24.3 Å². The summed E-state index contributed by atoms with van der Waals surface area (Å²) < 4.78 is 0. The van der Waals surface area contributed by atoms with Crippen molar-refractivity contribution < 1.29 is 19.8 Å². The molecule has 0 unspecified atom stereocenters. The van der Waals surface area contributed by atoms with E-state index < -0.39 is 11.9 Å². The highest BCUT2D eigenvalue weighted by atomic mass is 32.2. The fourth-order valence-electron chi connectivity index (χ4n) is 1.96. The molecule has 2 rings (SSSR count). The number of aromatic carboxylic acids is 2. The van der Waals surface area contributed by atoms with Crippen LogP contribution < -0.4 is 0 Å². The molecule has 120 valence electrons. The highest BCUT2D eigenvalue weighted by Crippen LogP contribution is 2.26. The lowest BCUT2D eigenvalue weighted by atomic mass is 10.2. The van der Waals surface area contributed by atoms with Crippen molar-refractivity contribution in [2.75, 3.05) is 11.5 Å². The fourth-order valence-corrected chi connectivity index (χ4v) is 4.13. The van der Waals surface area contributed by atoms with Gasteiger partial charge in [0.1, 0.15) is 0 Å². The molecule has 6 heteroatoms. The molecule has 0 radical (unpaired) electrons. The number of thioether (sulfide) groups is 2. The normalized spacial score (nSPS) is 10.4. The van der Waals surface area contributed by atoms with Crippen LogP contribution >= 0.6 is 23.5 Å². The minimum atomic E-state index is -0.919. The van der Waals surface area contributed by atoms with E-state index >= 15 is 0 Å². The summed E-state index contributed by atoms with van der Waals surface area (Å²) >= 11 is 3.02. The van der Waals surface area contributed by atoms with Crippen molar-refractivity contribution in [2.45, 2.75) is 16.2 Å². The number of carbonyl (C=O) groups is 2. The summed E-state index contributed by atoms with van der Waals surface area (Å²) in [5.41, 5.74) is 0.641. The van der Waals surface area contributed by atoms with Crippen LogP contribution in [0.4, 0.5) is 0 Å². The maximum atomic E-state index is 11.1. The second-order valence-electron chi connectivity index (χ2n) is 4.65. The molecule has 0 aromatic heterocycles. The van der Waals surface area contributed by atoms with Gasteiger partial charge in [0.05, 0.1) is 11.1 Å². The van der Waals surface area contributed by atoms with Crippen molar-refractivity contribution in [3.8, 4) is 0 Å². The molecule has 0 bridgehead atoms. The van der Waals surface area contributed by atoms with Gasteiger partial charge in [-0.3, -0.25) is 0 Å². The van der Waals surface area contributed by atoms with Crippen molar-refractivity contribution >= 4 is 35.5 Å². The first-order valence-corrected chi connectivity index (χ1v) is 8.97. The van der Waals surface area contributed by atoms with E-state index in [1.807, 2.05) is 12.1 Å². The van der Waals surface area contributed by atoms with Crippen LogP contribution in [-0.4, -0.2) is 33.7 Å². The lowest BCUT2D eigenvalue weighted by Gasteiger charge is -2.07. The summed E-state index contributed by atoms with van der Waals surface area (Å²) in [6, 6.07) is 13.9. The quantitative estimate of drug-likeness (QED) is 0.545. The Bertz CT molecular complexity index is 641. The SMILES string of the molecule is O=C(O)c1ccccc1SCCCSc1ccccc1C(=O)O. The first kappa shape index (κ1) is 17.4. The van der Waals surface area contributed by atoms with Crippen LogP contribution in [0.25, 0.3) is 0 Å². The number of hydrogen-bond acceptors (Lipinski definition) is 4. The molecule has 0 aliphatic heterocycles. The number of carboxylic acids is 2. The molecule has 2 N–H and O–H groups in total. The first-order chi connectivity index (χ1) is 11.1. The topological polar surface area (TPSA) is 74.6 Å². The summed E-state index contributed by atoms with van der Waals surface area (Å²) in [4.78, 5) is 23.8. The molecule has 2 aromatic carbocycles. The van der Waals surface area contributed by atoms with Crippen molar-refractivity contribution in [2.24, 2.45) is 0 Å². The molecule has 2 aromatic rings. The third kappa shape index (κ3) is 5.04. The molecule has 0 saturated carbocycles. The van der Waals surface area contributed by atoms with Gasteiger partial charge in [-0.05, 0) is 42.2 Å². The van der Waals surface area contributed by atoms with Gasteiger partial charge in [-0.2, -0.15) is 0 Å². The van der Waals surface area contributed by atoms with Gasteiger partial charge in [0.2, 0.25) is 0 Å². The predicted molar refractivity (Wildman–Crippen MR) is 92.9 cm³/mol. The zero-order chi connectivity index (χ0) is 16.7. The van der Waals surface area contributed by atoms with Crippen molar-refractivity contribution in [1.29, 1.82) is 0 Å². The van der Waals surface area contributed by atoms with E-state index in [-0.39, 0.29) is 0 Å². The van der Waals surface area contributed by atoms with Crippen LogP contribution in [0.1, 0.15) is 27.1 Å². The average molecular weight is 348 g/mol. The monoisotopic (exact) mass is 348 g/mol. The number of rotatable bonds is 8. The Hall–Kier alpha value is -1.92. The average Bonchev–Trinajstić information content (AvgIpc) is 2.55. The smallest absolute Gasteiger partial charge is 0.336 e. The Balaban J connectivity index is 1.83. The van der Waals surface area contributed by atoms with E-state index in [0.717, 1.165) is 27.7 Å². The molecule has 0 amide bonds. The minimum absolute atomic E-state index is 0.321. The predicted octanol–water partition coefficient (Wildman–Crippen LogP) is 4.36. The van der Waals surface area contributed by atoms with Gasteiger partial charge in [-0.25, -0.2) is 9.59 Å². The minimum Gasteiger partial charge on any atom is -0.478 e. The highest BCUT2D eigenvalue weighted by Gasteiger charge is 2.10. The molecule has 0 spiro atoms. The summed E-state index contributed by atoms with van der Waals surface area (Å²) in [6.07, 6.45) is 0.858. The van der Waals surface area contributed by atoms with Crippen molar-refractivity contribution in [3.63, 3.8) is 0 Å². The largest absolute Gasteiger partial charge is 0.478 e. The maximum Gasteiger partial charge on any atom is 0.336 e. The molecule has 4 nitrogen and oxygen atoms in total. The Labute approximate surface area is 142 Å². The third-order valence-corrected chi connectivity index (χ3v) is 5.36. The third-order valence-electron chi connectivity index (χ3n) is 3.04. The maximum absolute atomic E-state index is 11.1. The summed E-state index contributed by atoms with van der Waals surface area (Å²) in [5, 5.41) is 18.3. The summed E-state index contributed by atoms with van der Waals surface area (Å²) in [5.74, 6) is -0.269. The molecular weight excluding hydrogens is 332 g/mol. The van der Waals surface area contributed by atoms with Gasteiger partial charge < -0.3 is 10.2 Å². The highest BCUT2D eigenvalue weighted by molar-refractivity contribution is 8.00. The number of carboxylic acid groups (broad SMARTS) is 2. The van der Waals surface area contributed by atoms with Gasteiger partial charge in [-0.15, -0.1) is 23.5 Å². The second kappa shape index (κ2) is 8.64. The summed E-state index contributed by atoms with van der Waals surface area (Å²) in [6.45, 7) is 0. The Morgan fingerprint density at radius 2 is 1.13 bits per heavy atom. The Kier molecular flexibility index (Phi) is 6.55. The van der Waals surface area contributed by atoms with Crippen molar-refractivity contribution in [1.82, 2.24) is 0 Å². The molecule has 0 aliphatic carbocycles. The molecule has 0 fully saturated rings. The molecule has 0 heterocycles. The molecule has 0 atom stereocenters. The van der Waals surface area contributed by atoms with E-state index in [1.165, 1.54) is 23.5 Å². The molecular formula is C17H16O4S2. The van der Waals surface area contributed by atoms with E-state index in [0.29, 0.717) is 11.1 Å². The molecule has 0 aliphatic rings. The van der Waals surface area contributed by atoms with E-state index in [2.05, 4.69) is 0 Å². The lowest BCUT2D eigenvalue weighted by molar-refractivity contribution is 0.0682. The van der Waals surface area contributed by atoms with Crippen LogP contribution in [-0.2, 0) is 0 Å². The van der Waals surface area contributed by atoms with E-state index in [9.17, 15) is 9.59 Å². The van der Waals surface area contributed by atoms with Crippen LogP contribution in [0, 0.1) is 0 Å². The Morgan fingerprint density at radius 1 is 0.739 bits per heavy atom. The second-order valence-corrected chi connectivity index (χ2v) is 6.93. The van der Waals surface area contributed by atoms with E-state index in [4.69, 9.17) is 10.2 Å². The van der Waals surface area contributed by atoms with Crippen LogP contribution in [0.2, 0.25) is 0 Å². The first-order valence-electron chi connectivity index (χ1n) is 7.00. The molecule has 0 saturated heterocycles. The molecule has 23 heavy (non-hydrogen) atoms. The number of hydrogen-bond donors (Lipinski definition) is 2.